The van der Waals surface area contributed by atoms with E-state index in [0.717, 1.165) is 23.5 Å². The van der Waals surface area contributed by atoms with Crippen molar-refractivity contribution in [3.8, 4) is 11.3 Å². The van der Waals surface area contributed by atoms with E-state index in [-0.39, 0.29) is 5.54 Å². The molecule has 0 aliphatic carbocycles. The zero-order valence-corrected chi connectivity index (χ0v) is 13.5. The van der Waals surface area contributed by atoms with Crippen molar-refractivity contribution in [2.75, 3.05) is 0 Å². The van der Waals surface area contributed by atoms with Gasteiger partial charge in [-0.15, -0.1) is 0 Å². The molecular weight excluding hydrogens is 293 g/mol. The van der Waals surface area contributed by atoms with Crippen LogP contribution in [0.25, 0.3) is 11.3 Å². The molecule has 1 aromatic heterocycles. The van der Waals surface area contributed by atoms with Crippen LogP contribution in [0.15, 0.2) is 34.7 Å². The molecule has 2 aromatic rings. The van der Waals surface area contributed by atoms with Gasteiger partial charge in [-0.3, -0.25) is 0 Å². The molecule has 20 heavy (non-hydrogen) atoms. The van der Waals surface area contributed by atoms with Crippen molar-refractivity contribution in [1.29, 1.82) is 0 Å². The van der Waals surface area contributed by atoms with E-state index < -0.39 is 0 Å². The highest BCUT2D eigenvalue weighted by atomic mass is 35.5. The molecule has 1 aromatic carbocycles. The molecule has 108 valence electrons. The molecule has 0 saturated carbocycles. The zero-order valence-electron chi connectivity index (χ0n) is 12.0. The summed E-state index contributed by atoms with van der Waals surface area (Å²) >= 11 is 12.0. The van der Waals surface area contributed by atoms with Crippen LogP contribution in [0, 0.1) is 0 Å². The maximum atomic E-state index is 6.01. The van der Waals surface area contributed by atoms with Gasteiger partial charge in [0.2, 0.25) is 0 Å². The molecule has 0 aliphatic heterocycles. The lowest BCUT2D eigenvalue weighted by Gasteiger charge is -2.23. The third-order valence-electron chi connectivity index (χ3n) is 3.43. The smallest absolute Gasteiger partial charge is 0.134 e. The van der Waals surface area contributed by atoms with E-state index >= 15 is 0 Å². The molecule has 2 rings (SSSR count). The molecule has 4 heteroatoms. The van der Waals surface area contributed by atoms with Gasteiger partial charge in [-0.25, -0.2) is 0 Å². The molecule has 0 unspecified atom stereocenters. The lowest BCUT2D eigenvalue weighted by molar-refractivity contribution is 0.353. The van der Waals surface area contributed by atoms with Gasteiger partial charge < -0.3 is 9.73 Å². The quantitative estimate of drug-likeness (QED) is 0.785. The van der Waals surface area contributed by atoms with Crippen LogP contribution in [0.1, 0.15) is 33.0 Å². The van der Waals surface area contributed by atoms with E-state index in [0.29, 0.717) is 16.6 Å². The number of furan rings is 1. The van der Waals surface area contributed by atoms with Gasteiger partial charge in [0.25, 0.3) is 0 Å². The van der Waals surface area contributed by atoms with Crippen molar-refractivity contribution in [2.45, 2.75) is 39.3 Å². The molecule has 0 radical (unpaired) electrons. The normalized spacial score (nSPS) is 11.8. The third kappa shape index (κ3) is 4.02. The van der Waals surface area contributed by atoms with Crippen molar-refractivity contribution < 1.29 is 4.42 Å². The van der Waals surface area contributed by atoms with Gasteiger partial charge in [-0.05, 0) is 50.6 Å². The fraction of sp³-hybridized carbons (Fsp3) is 0.375. The Morgan fingerprint density at radius 2 is 1.75 bits per heavy atom. The summed E-state index contributed by atoms with van der Waals surface area (Å²) in [4.78, 5) is 0. The lowest BCUT2D eigenvalue weighted by atomic mass is 10.0. The van der Waals surface area contributed by atoms with E-state index in [1.807, 2.05) is 24.3 Å². The fourth-order valence-electron chi connectivity index (χ4n) is 1.78. The van der Waals surface area contributed by atoms with E-state index in [4.69, 9.17) is 27.6 Å². The number of hydrogen-bond acceptors (Lipinski definition) is 2. The Kier molecular flexibility index (Phi) is 4.79. The van der Waals surface area contributed by atoms with Gasteiger partial charge in [0, 0.05) is 21.1 Å². The number of nitrogens with one attached hydrogen (secondary N) is 1. The van der Waals surface area contributed by atoms with Crippen LogP contribution in [0.2, 0.25) is 10.0 Å². The molecule has 0 atom stereocenters. The first-order valence-corrected chi connectivity index (χ1v) is 7.45. The minimum atomic E-state index is 0.103. The molecule has 1 N–H and O–H groups in total. The standard InChI is InChI=1S/C16H19Cl2NO/c1-4-16(2,3)19-10-14-5-6-15(20-14)11-7-12(17)9-13(18)8-11/h5-9,19H,4,10H2,1-3H3. The van der Waals surface area contributed by atoms with Crippen molar-refractivity contribution >= 4 is 23.2 Å². The van der Waals surface area contributed by atoms with Crippen LogP contribution >= 0.6 is 23.2 Å². The predicted molar refractivity (Wildman–Crippen MR) is 85.4 cm³/mol. The Morgan fingerprint density at radius 3 is 2.35 bits per heavy atom. The minimum Gasteiger partial charge on any atom is -0.460 e. The summed E-state index contributed by atoms with van der Waals surface area (Å²) in [5.74, 6) is 1.68. The van der Waals surface area contributed by atoms with Crippen LogP contribution in [0.4, 0.5) is 0 Å². The van der Waals surface area contributed by atoms with Gasteiger partial charge in [-0.1, -0.05) is 30.1 Å². The Labute approximate surface area is 130 Å². The number of benzene rings is 1. The van der Waals surface area contributed by atoms with E-state index in [1.165, 1.54) is 0 Å². The van der Waals surface area contributed by atoms with Gasteiger partial charge in [0.15, 0.2) is 0 Å². The predicted octanol–water partition coefficient (Wildman–Crippen LogP) is 5.53. The second-order valence-electron chi connectivity index (χ2n) is 5.52. The van der Waals surface area contributed by atoms with Crippen molar-refractivity contribution in [3.05, 3.63) is 46.1 Å². The molecule has 0 amide bonds. The van der Waals surface area contributed by atoms with E-state index in [9.17, 15) is 0 Å². The molecule has 2 nitrogen and oxygen atoms in total. The summed E-state index contributed by atoms with van der Waals surface area (Å²) in [6.45, 7) is 7.21. The van der Waals surface area contributed by atoms with Crippen LogP contribution < -0.4 is 5.32 Å². The zero-order chi connectivity index (χ0) is 14.8. The highest BCUT2D eigenvalue weighted by Gasteiger charge is 2.15. The summed E-state index contributed by atoms with van der Waals surface area (Å²) in [5.41, 5.74) is 0.996. The second kappa shape index (κ2) is 6.21. The highest BCUT2D eigenvalue weighted by Crippen LogP contribution is 2.28. The topological polar surface area (TPSA) is 25.2 Å². The van der Waals surface area contributed by atoms with Gasteiger partial charge in [0.05, 0.1) is 6.54 Å². The molecule has 1 heterocycles. The molecule has 0 bridgehead atoms. The Bertz CT molecular complexity index is 570. The summed E-state index contributed by atoms with van der Waals surface area (Å²) in [6.07, 6.45) is 1.06. The molecular formula is C16H19Cl2NO. The van der Waals surface area contributed by atoms with Gasteiger partial charge >= 0.3 is 0 Å². The fourth-order valence-corrected chi connectivity index (χ4v) is 2.30. The summed E-state index contributed by atoms with van der Waals surface area (Å²) in [6, 6.07) is 9.32. The number of hydrogen-bond donors (Lipinski definition) is 1. The SMILES string of the molecule is CCC(C)(C)NCc1ccc(-c2cc(Cl)cc(Cl)c2)o1. The first kappa shape index (κ1) is 15.4. The summed E-state index contributed by atoms with van der Waals surface area (Å²) < 4.78 is 5.84. The monoisotopic (exact) mass is 311 g/mol. The largest absolute Gasteiger partial charge is 0.460 e. The Hall–Kier alpha value is -0.960. The van der Waals surface area contributed by atoms with Gasteiger partial charge in [0.1, 0.15) is 11.5 Å². The summed E-state index contributed by atoms with van der Waals surface area (Å²) in [7, 11) is 0. The molecule has 0 fully saturated rings. The van der Waals surface area contributed by atoms with Crippen LogP contribution in [0.3, 0.4) is 0 Å². The second-order valence-corrected chi connectivity index (χ2v) is 6.39. The van der Waals surface area contributed by atoms with Crippen LogP contribution in [-0.2, 0) is 6.54 Å². The highest BCUT2D eigenvalue weighted by molar-refractivity contribution is 6.35. The average Bonchev–Trinajstić information content (AvgIpc) is 2.84. The molecule has 0 aliphatic rings. The molecule has 0 saturated heterocycles. The Morgan fingerprint density at radius 1 is 1.10 bits per heavy atom. The first-order chi connectivity index (χ1) is 9.39. The average molecular weight is 312 g/mol. The number of halogens is 2. The van der Waals surface area contributed by atoms with Crippen molar-refractivity contribution in [2.24, 2.45) is 0 Å². The first-order valence-electron chi connectivity index (χ1n) is 6.70. The molecule has 0 spiro atoms. The van der Waals surface area contributed by atoms with Crippen LogP contribution in [0.5, 0.6) is 0 Å². The maximum absolute atomic E-state index is 6.01. The van der Waals surface area contributed by atoms with E-state index in [2.05, 4.69) is 26.1 Å². The lowest BCUT2D eigenvalue weighted by Crippen LogP contribution is -2.37. The number of rotatable bonds is 5. The van der Waals surface area contributed by atoms with Crippen molar-refractivity contribution in [3.63, 3.8) is 0 Å². The van der Waals surface area contributed by atoms with Crippen LogP contribution in [-0.4, -0.2) is 5.54 Å². The Balaban J connectivity index is 2.12. The maximum Gasteiger partial charge on any atom is 0.134 e. The van der Waals surface area contributed by atoms with Crippen molar-refractivity contribution in [1.82, 2.24) is 5.32 Å². The van der Waals surface area contributed by atoms with Gasteiger partial charge in [-0.2, -0.15) is 0 Å². The minimum absolute atomic E-state index is 0.103. The summed E-state index contributed by atoms with van der Waals surface area (Å²) in [5, 5.41) is 4.68. The van der Waals surface area contributed by atoms with E-state index in [1.54, 1.807) is 6.07 Å². The third-order valence-corrected chi connectivity index (χ3v) is 3.87.